The van der Waals surface area contributed by atoms with Crippen LogP contribution in [0.15, 0.2) is 0 Å². The maximum absolute atomic E-state index is 11.4. The molecule has 0 aromatic carbocycles. The van der Waals surface area contributed by atoms with E-state index in [4.69, 9.17) is 0 Å². The Bertz CT molecular complexity index is 141. The Hall–Kier alpha value is -0.530. The first-order valence-corrected chi connectivity index (χ1v) is 5.29. The summed E-state index contributed by atoms with van der Waals surface area (Å²) in [4.78, 5) is 11.4. The first kappa shape index (κ1) is 12.5. The second-order valence-corrected chi connectivity index (χ2v) is 3.57. The number of carbonyl (C=O) groups excluding carboxylic acids is 1. The van der Waals surface area contributed by atoms with Crippen molar-refractivity contribution in [2.45, 2.75) is 53.0 Å². The van der Waals surface area contributed by atoms with Gasteiger partial charge in [0.15, 0.2) is 0 Å². The standard InChI is InChI=1S/C11H22NO/c1-5-9(4)8-11(13)12-10(6-2)7-3/h8-10H,5-7H2,1-4H3,(H,12,13)/t9-/m1/s1. The molecule has 0 aromatic rings. The summed E-state index contributed by atoms with van der Waals surface area (Å²) in [6.45, 7) is 8.34. The van der Waals surface area contributed by atoms with Crippen LogP contribution in [0.1, 0.15) is 47.0 Å². The van der Waals surface area contributed by atoms with Gasteiger partial charge >= 0.3 is 0 Å². The average molecular weight is 184 g/mol. The minimum absolute atomic E-state index is 0.0862. The maximum Gasteiger partial charge on any atom is 0.224 e. The molecular formula is C11H22NO. The van der Waals surface area contributed by atoms with Crippen LogP contribution in [0.25, 0.3) is 0 Å². The number of carbonyl (C=O) groups is 1. The summed E-state index contributed by atoms with van der Waals surface area (Å²) < 4.78 is 0. The molecule has 0 unspecified atom stereocenters. The van der Waals surface area contributed by atoms with E-state index in [0.717, 1.165) is 19.3 Å². The molecule has 0 heterocycles. The molecular weight excluding hydrogens is 162 g/mol. The molecule has 1 amide bonds. The van der Waals surface area contributed by atoms with Crippen LogP contribution in [0, 0.1) is 12.3 Å². The van der Waals surface area contributed by atoms with E-state index in [1.165, 1.54) is 0 Å². The number of hydrogen-bond donors (Lipinski definition) is 1. The molecule has 0 bridgehead atoms. The van der Waals surface area contributed by atoms with Gasteiger partial charge in [0.05, 0.1) is 6.42 Å². The van der Waals surface area contributed by atoms with Crippen molar-refractivity contribution >= 4 is 5.91 Å². The highest BCUT2D eigenvalue weighted by molar-refractivity contribution is 5.85. The van der Waals surface area contributed by atoms with Gasteiger partial charge in [-0.1, -0.05) is 34.1 Å². The topological polar surface area (TPSA) is 29.1 Å². The van der Waals surface area contributed by atoms with Crippen molar-refractivity contribution in [3.05, 3.63) is 6.42 Å². The van der Waals surface area contributed by atoms with Crippen molar-refractivity contribution in [1.29, 1.82) is 0 Å². The van der Waals surface area contributed by atoms with E-state index in [-0.39, 0.29) is 5.91 Å². The Kier molecular flexibility index (Phi) is 6.65. The predicted molar refractivity (Wildman–Crippen MR) is 56.3 cm³/mol. The first-order chi connectivity index (χ1) is 6.13. The summed E-state index contributed by atoms with van der Waals surface area (Å²) in [5, 5.41) is 2.99. The minimum Gasteiger partial charge on any atom is -0.353 e. The molecule has 1 atom stereocenters. The van der Waals surface area contributed by atoms with Gasteiger partial charge in [0, 0.05) is 6.04 Å². The van der Waals surface area contributed by atoms with Crippen molar-refractivity contribution in [2.24, 2.45) is 5.92 Å². The fraction of sp³-hybridized carbons (Fsp3) is 0.818. The third kappa shape index (κ3) is 5.67. The smallest absolute Gasteiger partial charge is 0.224 e. The Labute approximate surface area is 82.1 Å². The quantitative estimate of drug-likeness (QED) is 0.675. The van der Waals surface area contributed by atoms with Gasteiger partial charge in [0.1, 0.15) is 0 Å². The van der Waals surface area contributed by atoms with Crippen molar-refractivity contribution in [1.82, 2.24) is 5.32 Å². The maximum atomic E-state index is 11.4. The molecule has 0 aromatic heterocycles. The summed E-state index contributed by atoms with van der Waals surface area (Å²) in [7, 11) is 0. The number of nitrogens with one attached hydrogen (secondary N) is 1. The zero-order valence-electron chi connectivity index (χ0n) is 9.26. The van der Waals surface area contributed by atoms with Crippen molar-refractivity contribution in [3.8, 4) is 0 Å². The lowest BCUT2D eigenvalue weighted by Gasteiger charge is -2.15. The van der Waals surface area contributed by atoms with E-state index in [9.17, 15) is 4.79 Å². The lowest BCUT2D eigenvalue weighted by molar-refractivity contribution is -0.119. The van der Waals surface area contributed by atoms with E-state index < -0.39 is 0 Å². The highest BCUT2D eigenvalue weighted by atomic mass is 16.1. The normalized spacial score (nSPS) is 13.0. The molecule has 2 nitrogen and oxygen atoms in total. The summed E-state index contributed by atoms with van der Waals surface area (Å²) in [6, 6.07) is 0.341. The predicted octanol–water partition coefficient (Wildman–Crippen LogP) is 2.54. The molecule has 0 spiro atoms. The Morgan fingerprint density at radius 2 is 1.77 bits per heavy atom. The summed E-state index contributed by atoms with van der Waals surface area (Å²) in [5.41, 5.74) is 0. The average Bonchev–Trinajstić information content (AvgIpc) is 2.13. The van der Waals surface area contributed by atoms with E-state index in [2.05, 4.69) is 33.0 Å². The van der Waals surface area contributed by atoms with Gasteiger partial charge in [-0.15, -0.1) is 0 Å². The lowest BCUT2D eigenvalue weighted by Crippen LogP contribution is -2.34. The van der Waals surface area contributed by atoms with Crippen LogP contribution in [0.4, 0.5) is 0 Å². The van der Waals surface area contributed by atoms with Gasteiger partial charge in [-0.2, -0.15) is 0 Å². The number of hydrogen-bond acceptors (Lipinski definition) is 1. The Morgan fingerprint density at radius 1 is 1.23 bits per heavy atom. The molecule has 0 saturated heterocycles. The number of amides is 1. The van der Waals surface area contributed by atoms with Crippen LogP contribution >= 0.6 is 0 Å². The summed E-state index contributed by atoms with van der Waals surface area (Å²) in [5.74, 6) is 0.470. The van der Waals surface area contributed by atoms with Crippen LogP contribution in [-0.4, -0.2) is 11.9 Å². The highest BCUT2D eigenvalue weighted by Gasteiger charge is 2.11. The van der Waals surface area contributed by atoms with Crippen molar-refractivity contribution < 1.29 is 4.79 Å². The zero-order chi connectivity index (χ0) is 10.3. The lowest BCUT2D eigenvalue weighted by atomic mass is 10.0. The van der Waals surface area contributed by atoms with Gasteiger partial charge in [0.2, 0.25) is 5.91 Å². The molecule has 1 N–H and O–H groups in total. The van der Waals surface area contributed by atoms with Crippen LogP contribution in [0.3, 0.4) is 0 Å². The SMILES string of the molecule is CCC(CC)NC(=O)[CH][C@H](C)CC. The van der Waals surface area contributed by atoms with Gasteiger partial charge in [0.25, 0.3) is 0 Å². The van der Waals surface area contributed by atoms with Crippen LogP contribution in [-0.2, 0) is 4.79 Å². The molecule has 0 aliphatic rings. The molecule has 13 heavy (non-hydrogen) atoms. The van der Waals surface area contributed by atoms with Crippen LogP contribution in [0.5, 0.6) is 0 Å². The van der Waals surface area contributed by atoms with Crippen LogP contribution in [0.2, 0.25) is 0 Å². The van der Waals surface area contributed by atoms with Gasteiger partial charge in [-0.25, -0.2) is 0 Å². The van der Waals surface area contributed by atoms with Crippen molar-refractivity contribution in [2.75, 3.05) is 0 Å². The second kappa shape index (κ2) is 6.93. The molecule has 0 aliphatic carbocycles. The fourth-order valence-corrected chi connectivity index (χ4v) is 1.12. The molecule has 77 valence electrons. The third-order valence-corrected chi connectivity index (χ3v) is 2.41. The zero-order valence-corrected chi connectivity index (χ0v) is 9.26. The van der Waals surface area contributed by atoms with Crippen LogP contribution < -0.4 is 5.32 Å². The monoisotopic (exact) mass is 184 g/mol. The summed E-state index contributed by atoms with van der Waals surface area (Å²) >= 11 is 0. The largest absolute Gasteiger partial charge is 0.353 e. The summed E-state index contributed by atoms with van der Waals surface area (Å²) in [6.07, 6.45) is 4.82. The molecule has 0 aliphatic heterocycles. The van der Waals surface area contributed by atoms with Gasteiger partial charge in [-0.3, -0.25) is 4.79 Å². The Morgan fingerprint density at radius 3 is 2.15 bits per heavy atom. The molecule has 0 rings (SSSR count). The molecule has 0 saturated carbocycles. The van der Waals surface area contributed by atoms with E-state index in [1.807, 2.05) is 0 Å². The minimum atomic E-state index is 0.0862. The Balaban J connectivity index is 3.72. The van der Waals surface area contributed by atoms with Gasteiger partial charge < -0.3 is 5.32 Å². The molecule has 1 radical (unpaired) electrons. The van der Waals surface area contributed by atoms with E-state index >= 15 is 0 Å². The second-order valence-electron chi connectivity index (χ2n) is 3.57. The fourth-order valence-electron chi connectivity index (χ4n) is 1.12. The first-order valence-electron chi connectivity index (χ1n) is 5.29. The van der Waals surface area contributed by atoms with Crippen molar-refractivity contribution in [3.63, 3.8) is 0 Å². The van der Waals surface area contributed by atoms with E-state index in [1.54, 1.807) is 6.42 Å². The molecule has 2 heteroatoms. The van der Waals surface area contributed by atoms with Gasteiger partial charge in [-0.05, 0) is 18.8 Å². The molecule has 0 fully saturated rings. The third-order valence-electron chi connectivity index (χ3n) is 2.41. The number of rotatable bonds is 6. The van der Waals surface area contributed by atoms with E-state index in [0.29, 0.717) is 12.0 Å². The highest BCUT2D eigenvalue weighted by Crippen LogP contribution is 2.05.